The SMILES string of the molecule is COc1cccc(NC(=O)c2cc3n(n2)CCCC3)c1. The molecule has 2 heterocycles. The minimum Gasteiger partial charge on any atom is -0.497 e. The molecule has 0 spiro atoms. The van der Waals surface area contributed by atoms with Crippen LogP contribution in [-0.4, -0.2) is 22.8 Å². The highest BCUT2D eigenvalue weighted by atomic mass is 16.5. The second kappa shape index (κ2) is 5.36. The average Bonchev–Trinajstić information content (AvgIpc) is 2.91. The van der Waals surface area contributed by atoms with Gasteiger partial charge in [0.05, 0.1) is 7.11 Å². The van der Waals surface area contributed by atoms with E-state index in [4.69, 9.17) is 4.74 Å². The van der Waals surface area contributed by atoms with E-state index in [1.165, 1.54) is 6.42 Å². The van der Waals surface area contributed by atoms with Gasteiger partial charge in [0.15, 0.2) is 5.69 Å². The molecule has 0 fully saturated rings. The van der Waals surface area contributed by atoms with E-state index in [2.05, 4.69) is 10.4 Å². The number of hydrogen-bond acceptors (Lipinski definition) is 3. The zero-order valence-electron chi connectivity index (χ0n) is 11.4. The number of nitrogens with zero attached hydrogens (tertiary/aromatic N) is 2. The van der Waals surface area contributed by atoms with Gasteiger partial charge >= 0.3 is 0 Å². The van der Waals surface area contributed by atoms with E-state index in [0.29, 0.717) is 17.1 Å². The summed E-state index contributed by atoms with van der Waals surface area (Å²) in [6.45, 7) is 0.905. The van der Waals surface area contributed by atoms with Gasteiger partial charge in [-0.15, -0.1) is 0 Å². The molecule has 2 aromatic rings. The third-order valence-corrected chi connectivity index (χ3v) is 3.48. The van der Waals surface area contributed by atoms with Crippen LogP contribution in [0.25, 0.3) is 0 Å². The van der Waals surface area contributed by atoms with E-state index < -0.39 is 0 Å². The summed E-state index contributed by atoms with van der Waals surface area (Å²) in [6.07, 6.45) is 3.30. The lowest BCUT2D eigenvalue weighted by Crippen LogP contribution is -2.14. The van der Waals surface area contributed by atoms with Crippen LogP contribution in [0.3, 0.4) is 0 Å². The Hall–Kier alpha value is -2.30. The Labute approximate surface area is 117 Å². The number of carbonyl (C=O) groups excluding carboxylic acids is 1. The molecule has 1 aromatic carbocycles. The number of anilines is 1. The van der Waals surface area contributed by atoms with Gasteiger partial charge in [0.1, 0.15) is 5.75 Å². The molecule has 0 atom stereocenters. The molecule has 1 amide bonds. The molecule has 0 aliphatic carbocycles. The summed E-state index contributed by atoms with van der Waals surface area (Å²) in [4.78, 5) is 12.2. The predicted molar refractivity (Wildman–Crippen MR) is 76.1 cm³/mol. The number of carbonyl (C=O) groups is 1. The predicted octanol–water partition coefficient (Wildman–Crippen LogP) is 2.48. The smallest absolute Gasteiger partial charge is 0.276 e. The summed E-state index contributed by atoms with van der Waals surface area (Å²) in [6, 6.07) is 9.18. The number of ether oxygens (including phenoxy) is 1. The normalized spacial score (nSPS) is 13.7. The number of benzene rings is 1. The largest absolute Gasteiger partial charge is 0.497 e. The van der Waals surface area contributed by atoms with E-state index in [9.17, 15) is 4.79 Å². The van der Waals surface area contributed by atoms with Crippen molar-refractivity contribution < 1.29 is 9.53 Å². The van der Waals surface area contributed by atoms with Crippen molar-refractivity contribution in [3.05, 3.63) is 41.7 Å². The molecule has 5 nitrogen and oxygen atoms in total. The number of aromatic nitrogens is 2. The number of hydrogen-bond donors (Lipinski definition) is 1. The lowest BCUT2D eigenvalue weighted by Gasteiger charge is -2.11. The van der Waals surface area contributed by atoms with Crippen LogP contribution < -0.4 is 10.1 Å². The fourth-order valence-electron chi connectivity index (χ4n) is 2.42. The Bertz CT molecular complexity index is 610. The molecule has 5 heteroatoms. The van der Waals surface area contributed by atoms with E-state index in [1.54, 1.807) is 13.2 Å². The lowest BCUT2D eigenvalue weighted by molar-refractivity contribution is 0.102. The quantitative estimate of drug-likeness (QED) is 0.933. The van der Waals surface area contributed by atoms with Crippen molar-refractivity contribution in [3.8, 4) is 5.75 Å². The first-order valence-corrected chi connectivity index (χ1v) is 6.78. The Morgan fingerprint density at radius 3 is 3.05 bits per heavy atom. The molecule has 1 aromatic heterocycles. The molecule has 0 saturated heterocycles. The van der Waals surface area contributed by atoms with Gasteiger partial charge in [-0.3, -0.25) is 9.48 Å². The minimum absolute atomic E-state index is 0.180. The molecule has 1 N–H and O–H groups in total. The van der Waals surface area contributed by atoms with E-state index in [1.807, 2.05) is 28.9 Å². The average molecular weight is 271 g/mol. The molecule has 0 unspecified atom stereocenters. The minimum atomic E-state index is -0.180. The molecule has 0 saturated carbocycles. The first-order chi connectivity index (χ1) is 9.76. The zero-order chi connectivity index (χ0) is 13.9. The summed E-state index contributed by atoms with van der Waals surface area (Å²) in [5.74, 6) is 0.534. The van der Waals surface area contributed by atoms with Crippen molar-refractivity contribution in [2.24, 2.45) is 0 Å². The van der Waals surface area contributed by atoms with Crippen molar-refractivity contribution in [2.45, 2.75) is 25.8 Å². The maximum Gasteiger partial charge on any atom is 0.276 e. The van der Waals surface area contributed by atoms with Crippen molar-refractivity contribution in [3.63, 3.8) is 0 Å². The Balaban J connectivity index is 1.77. The van der Waals surface area contributed by atoms with Gasteiger partial charge in [-0.1, -0.05) is 6.07 Å². The summed E-state index contributed by atoms with van der Waals surface area (Å²) in [7, 11) is 1.60. The van der Waals surface area contributed by atoms with Crippen LogP contribution in [0.4, 0.5) is 5.69 Å². The Morgan fingerprint density at radius 2 is 2.25 bits per heavy atom. The number of amides is 1. The number of rotatable bonds is 3. The maximum atomic E-state index is 12.2. The van der Waals surface area contributed by atoms with Crippen molar-refractivity contribution in [1.82, 2.24) is 9.78 Å². The van der Waals surface area contributed by atoms with Gasteiger partial charge in [-0.2, -0.15) is 5.10 Å². The number of aryl methyl sites for hydroxylation is 2. The van der Waals surface area contributed by atoms with Crippen LogP contribution in [0.15, 0.2) is 30.3 Å². The number of fused-ring (bicyclic) bond motifs is 1. The van der Waals surface area contributed by atoms with Crippen molar-refractivity contribution in [2.75, 3.05) is 12.4 Å². The van der Waals surface area contributed by atoms with Crippen molar-refractivity contribution >= 4 is 11.6 Å². The van der Waals surface area contributed by atoms with Crippen LogP contribution in [0, 0.1) is 0 Å². The summed E-state index contributed by atoms with van der Waals surface area (Å²) >= 11 is 0. The molecule has 1 aliphatic rings. The molecule has 1 aliphatic heterocycles. The topological polar surface area (TPSA) is 56.1 Å². The molecular weight excluding hydrogens is 254 g/mol. The molecule has 104 valence electrons. The zero-order valence-corrected chi connectivity index (χ0v) is 11.4. The summed E-state index contributed by atoms with van der Waals surface area (Å²) < 4.78 is 7.07. The molecular formula is C15H17N3O2. The standard InChI is InChI=1S/C15H17N3O2/c1-20-13-7-4-5-11(9-13)16-15(19)14-10-12-6-2-3-8-18(12)17-14/h4-5,7,9-10H,2-3,6,8H2,1H3,(H,16,19). The van der Waals surface area contributed by atoms with E-state index >= 15 is 0 Å². The highest BCUT2D eigenvalue weighted by Crippen LogP contribution is 2.19. The van der Waals surface area contributed by atoms with Gasteiger partial charge in [0, 0.05) is 24.0 Å². The number of methoxy groups -OCH3 is 1. The first-order valence-electron chi connectivity index (χ1n) is 6.78. The third kappa shape index (κ3) is 2.52. The second-order valence-electron chi connectivity index (χ2n) is 4.89. The Kier molecular flexibility index (Phi) is 3.41. The monoisotopic (exact) mass is 271 g/mol. The maximum absolute atomic E-state index is 12.2. The first kappa shape index (κ1) is 12.7. The van der Waals surface area contributed by atoms with Gasteiger partial charge in [0.25, 0.3) is 5.91 Å². The van der Waals surface area contributed by atoms with Crippen LogP contribution >= 0.6 is 0 Å². The molecule has 0 radical (unpaired) electrons. The molecule has 0 bridgehead atoms. The fraction of sp³-hybridized carbons (Fsp3) is 0.333. The van der Waals surface area contributed by atoms with Gasteiger partial charge < -0.3 is 10.1 Å². The third-order valence-electron chi connectivity index (χ3n) is 3.48. The number of nitrogens with one attached hydrogen (secondary N) is 1. The lowest BCUT2D eigenvalue weighted by atomic mass is 10.1. The van der Waals surface area contributed by atoms with Crippen molar-refractivity contribution in [1.29, 1.82) is 0 Å². The Morgan fingerprint density at radius 1 is 1.35 bits per heavy atom. The van der Waals surface area contributed by atoms with E-state index in [-0.39, 0.29) is 5.91 Å². The highest BCUT2D eigenvalue weighted by molar-refractivity contribution is 6.03. The van der Waals surface area contributed by atoms with Crippen LogP contribution in [0.2, 0.25) is 0 Å². The fourth-order valence-corrected chi connectivity index (χ4v) is 2.42. The molecule has 3 rings (SSSR count). The molecule has 20 heavy (non-hydrogen) atoms. The van der Waals surface area contributed by atoms with Crippen LogP contribution in [0.5, 0.6) is 5.75 Å². The highest BCUT2D eigenvalue weighted by Gasteiger charge is 2.16. The van der Waals surface area contributed by atoms with Crippen LogP contribution in [0.1, 0.15) is 29.0 Å². The second-order valence-corrected chi connectivity index (χ2v) is 4.89. The summed E-state index contributed by atoms with van der Waals surface area (Å²) in [5.41, 5.74) is 2.33. The van der Waals surface area contributed by atoms with Crippen LogP contribution in [-0.2, 0) is 13.0 Å². The summed E-state index contributed by atoms with van der Waals surface area (Å²) in [5, 5.41) is 7.21. The van der Waals surface area contributed by atoms with Gasteiger partial charge in [-0.05, 0) is 37.5 Å². The van der Waals surface area contributed by atoms with Gasteiger partial charge in [0.2, 0.25) is 0 Å². The van der Waals surface area contributed by atoms with Gasteiger partial charge in [-0.25, -0.2) is 0 Å². The van der Waals surface area contributed by atoms with E-state index in [0.717, 1.165) is 25.1 Å².